The lowest BCUT2D eigenvalue weighted by Crippen LogP contribution is -2.13. The Bertz CT molecular complexity index is 557. The number of methoxy groups -OCH3 is 1. The fourth-order valence-corrected chi connectivity index (χ4v) is 2.48. The van der Waals surface area contributed by atoms with Gasteiger partial charge in [0.25, 0.3) is 0 Å². The molecule has 0 fully saturated rings. The number of ketones is 1. The third-order valence-electron chi connectivity index (χ3n) is 2.68. The largest absolute Gasteiger partial charge is 0.497 e. The van der Waals surface area contributed by atoms with Crippen LogP contribution >= 0.6 is 27.5 Å². The SMILES string of the molecule is COc1cc(Cl)cc(C2=C(N(C)C)OC(Br)C2=O)c1. The second-order valence-corrected chi connectivity index (χ2v) is 5.52. The van der Waals surface area contributed by atoms with Gasteiger partial charge in [-0.1, -0.05) is 11.6 Å². The molecule has 6 heteroatoms. The Kier molecular flexibility index (Phi) is 4.06. The number of alkyl halides is 1. The van der Waals surface area contributed by atoms with Gasteiger partial charge in [0, 0.05) is 19.1 Å². The van der Waals surface area contributed by atoms with Gasteiger partial charge in [-0.15, -0.1) is 0 Å². The molecule has 1 aromatic rings. The van der Waals surface area contributed by atoms with Crippen LogP contribution in [-0.2, 0) is 9.53 Å². The molecule has 1 aromatic carbocycles. The van der Waals surface area contributed by atoms with Gasteiger partial charge in [-0.25, -0.2) is 0 Å². The number of ether oxygens (including phenoxy) is 2. The van der Waals surface area contributed by atoms with E-state index in [0.717, 1.165) is 0 Å². The van der Waals surface area contributed by atoms with Crippen molar-refractivity contribution >= 4 is 38.9 Å². The van der Waals surface area contributed by atoms with Crippen LogP contribution < -0.4 is 4.74 Å². The lowest BCUT2D eigenvalue weighted by atomic mass is 10.0. The summed E-state index contributed by atoms with van der Waals surface area (Å²) < 4.78 is 10.7. The van der Waals surface area contributed by atoms with E-state index in [1.807, 2.05) is 14.1 Å². The molecule has 0 N–H and O–H groups in total. The maximum atomic E-state index is 12.2. The van der Waals surface area contributed by atoms with Gasteiger partial charge >= 0.3 is 0 Å². The average Bonchev–Trinajstić information content (AvgIpc) is 2.65. The lowest BCUT2D eigenvalue weighted by molar-refractivity contribution is -0.116. The van der Waals surface area contributed by atoms with E-state index in [0.29, 0.717) is 27.8 Å². The van der Waals surface area contributed by atoms with E-state index < -0.39 is 5.01 Å². The molecular weight excluding hydrogens is 334 g/mol. The maximum absolute atomic E-state index is 12.2. The Morgan fingerprint density at radius 3 is 2.63 bits per heavy atom. The Morgan fingerprint density at radius 1 is 1.37 bits per heavy atom. The molecule has 0 saturated carbocycles. The molecular formula is C13H13BrClNO3. The highest BCUT2D eigenvalue weighted by Crippen LogP contribution is 2.36. The average molecular weight is 347 g/mol. The minimum atomic E-state index is -0.662. The van der Waals surface area contributed by atoms with E-state index in [2.05, 4.69) is 15.9 Å². The van der Waals surface area contributed by atoms with E-state index in [1.165, 1.54) is 0 Å². The number of carbonyl (C=O) groups is 1. The standard InChI is InChI=1S/C13H13BrClNO3/c1-16(2)13-10(11(17)12(14)19-13)7-4-8(15)6-9(5-7)18-3/h4-6,12H,1-3H3. The first-order chi connectivity index (χ1) is 8.93. The number of benzene rings is 1. The van der Waals surface area contributed by atoms with Crippen LogP contribution in [0.2, 0.25) is 5.02 Å². The summed E-state index contributed by atoms with van der Waals surface area (Å²) >= 11 is 9.24. The molecule has 0 aromatic heterocycles. The van der Waals surface area contributed by atoms with Crippen molar-refractivity contribution in [3.63, 3.8) is 0 Å². The van der Waals surface area contributed by atoms with Crippen LogP contribution in [0.5, 0.6) is 5.75 Å². The van der Waals surface area contributed by atoms with Gasteiger partial charge in [-0.3, -0.25) is 4.79 Å². The Hall–Kier alpha value is -1.20. The smallest absolute Gasteiger partial charge is 0.220 e. The summed E-state index contributed by atoms with van der Waals surface area (Å²) in [5, 5.41) is -0.157. The Morgan fingerprint density at radius 2 is 2.05 bits per heavy atom. The molecule has 0 spiro atoms. The predicted octanol–water partition coefficient (Wildman–Crippen LogP) is 2.90. The molecule has 19 heavy (non-hydrogen) atoms. The van der Waals surface area contributed by atoms with Crippen LogP contribution in [0.25, 0.3) is 5.57 Å². The molecule has 0 radical (unpaired) electrons. The highest BCUT2D eigenvalue weighted by atomic mass is 79.9. The van der Waals surface area contributed by atoms with E-state index in [9.17, 15) is 4.79 Å². The van der Waals surface area contributed by atoms with Gasteiger partial charge in [-0.05, 0) is 39.7 Å². The van der Waals surface area contributed by atoms with Crippen molar-refractivity contribution in [2.75, 3.05) is 21.2 Å². The number of nitrogens with zero attached hydrogens (tertiary/aromatic N) is 1. The fourth-order valence-electron chi connectivity index (χ4n) is 1.85. The van der Waals surface area contributed by atoms with Gasteiger partial charge < -0.3 is 14.4 Å². The minimum Gasteiger partial charge on any atom is -0.497 e. The van der Waals surface area contributed by atoms with Gasteiger partial charge in [0.2, 0.25) is 16.7 Å². The highest BCUT2D eigenvalue weighted by Gasteiger charge is 2.35. The summed E-state index contributed by atoms with van der Waals surface area (Å²) in [6.45, 7) is 0. The van der Waals surface area contributed by atoms with E-state index in [4.69, 9.17) is 21.1 Å². The number of Topliss-reactive ketones (excluding diaryl/α,β-unsaturated/α-hetero) is 1. The minimum absolute atomic E-state index is 0.131. The van der Waals surface area contributed by atoms with Crippen LogP contribution in [0, 0.1) is 0 Å². The van der Waals surface area contributed by atoms with Crippen molar-refractivity contribution in [2.45, 2.75) is 5.01 Å². The lowest BCUT2D eigenvalue weighted by Gasteiger charge is -2.15. The normalized spacial score (nSPS) is 18.6. The van der Waals surface area contributed by atoms with Gasteiger partial charge in [-0.2, -0.15) is 0 Å². The number of hydrogen-bond acceptors (Lipinski definition) is 4. The highest BCUT2D eigenvalue weighted by molar-refractivity contribution is 9.09. The molecule has 0 saturated heterocycles. The van der Waals surface area contributed by atoms with Gasteiger partial charge in [0.15, 0.2) is 0 Å². The van der Waals surface area contributed by atoms with Crippen LogP contribution in [0.4, 0.5) is 0 Å². The quantitative estimate of drug-likeness (QED) is 0.789. The Labute approximate surface area is 125 Å². The fraction of sp³-hybridized carbons (Fsp3) is 0.308. The van der Waals surface area contributed by atoms with Gasteiger partial charge in [0.1, 0.15) is 5.75 Å². The molecule has 4 nitrogen and oxygen atoms in total. The van der Waals surface area contributed by atoms with Crippen molar-refractivity contribution in [2.24, 2.45) is 0 Å². The van der Waals surface area contributed by atoms with Crippen LogP contribution in [-0.4, -0.2) is 36.9 Å². The third-order valence-corrected chi connectivity index (χ3v) is 3.50. The first-order valence-corrected chi connectivity index (χ1v) is 6.85. The van der Waals surface area contributed by atoms with Crippen LogP contribution in [0.1, 0.15) is 5.56 Å². The van der Waals surface area contributed by atoms with Gasteiger partial charge in [0.05, 0.1) is 12.7 Å². The molecule has 1 heterocycles. The number of carbonyl (C=O) groups excluding carboxylic acids is 1. The molecule has 1 aliphatic rings. The molecule has 1 atom stereocenters. The van der Waals surface area contributed by atoms with Crippen molar-refractivity contribution in [3.8, 4) is 5.75 Å². The van der Waals surface area contributed by atoms with Crippen LogP contribution in [0.3, 0.4) is 0 Å². The van der Waals surface area contributed by atoms with Crippen molar-refractivity contribution in [3.05, 3.63) is 34.7 Å². The van der Waals surface area contributed by atoms with Crippen LogP contribution in [0.15, 0.2) is 24.1 Å². The molecule has 1 unspecified atom stereocenters. The maximum Gasteiger partial charge on any atom is 0.220 e. The molecule has 0 aliphatic carbocycles. The summed E-state index contributed by atoms with van der Waals surface area (Å²) in [7, 11) is 5.18. The second kappa shape index (κ2) is 5.43. The number of halogens is 2. The zero-order valence-electron chi connectivity index (χ0n) is 10.7. The summed E-state index contributed by atoms with van der Waals surface area (Å²) in [4.78, 5) is 13.9. The predicted molar refractivity (Wildman–Crippen MR) is 77.4 cm³/mol. The number of hydrogen-bond donors (Lipinski definition) is 0. The van der Waals surface area contributed by atoms with Crippen molar-refractivity contribution < 1.29 is 14.3 Å². The summed E-state index contributed by atoms with van der Waals surface area (Å²) in [5.74, 6) is 0.975. The topological polar surface area (TPSA) is 38.8 Å². The molecule has 1 aliphatic heterocycles. The van der Waals surface area contributed by atoms with Crippen molar-refractivity contribution in [1.82, 2.24) is 4.90 Å². The monoisotopic (exact) mass is 345 g/mol. The summed E-state index contributed by atoms with van der Waals surface area (Å²) in [6.07, 6.45) is 0. The van der Waals surface area contributed by atoms with Crippen molar-refractivity contribution in [1.29, 1.82) is 0 Å². The van der Waals surface area contributed by atoms with E-state index in [1.54, 1.807) is 30.2 Å². The van der Waals surface area contributed by atoms with E-state index >= 15 is 0 Å². The first kappa shape index (κ1) is 14.2. The molecule has 0 bridgehead atoms. The zero-order valence-corrected chi connectivity index (χ0v) is 13.1. The molecule has 0 amide bonds. The summed E-state index contributed by atoms with van der Waals surface area (Å²) in [6, 6.07) is 5.17. The number of rotatable bonds is 3. The molecule has 102 valence electrons. The van der Waals surface area contributed by atoms with E-state index in [-0.39, 0.29) is 5.78 Å². The first-order valence-electron chi connectivity index (χ1n) is 5.55. The third kappa shape index (κ3) is 2.72. The second-order valence-electron chi connectivity index (χ2n) is 4.25. The summed E-state index contributed by atoms with van der Waals surface area (Å²) in [5.41, 5.74) is 1.17. The zero-order chi connectivity index (χ0) is 14.2. The Balaban J connectivity index is 2.57. The molecule has 2 rings (SSSR count).